The molecule has 0 fully saturated rings. The van der Waals surface area contributed by atoms with E-state index in [1.54, 1.807) is 45.2 Å². The summed E-state index contributed by atoms with van der Waals surface area (Å²) in [4.78, 5) is 89.6. The van der Waals surface area contributed by atoms with Gasteiger partial charge in [0.05, 0.1) is 19.2 Å². The molecule has 1 aromatic carbocycles. The third-order valence-electron chi connectivity index (χ3n) is 7.16. The van der Waals surface area contributed by atoms with Crippen molar-refractivity contribution in [2.24, 2.45) is 11.8 Å². The van der Waals surface area contributed by atoms with Gasteiger partial charge in [-0.3, -0.25) is 24.0 Å². The first-order chi connectivity index (χ1) is 22.4. The summed E-state index contributed by atoms with van der Waals surface area (Å²) < 4.78 is 4.41. The van der Waals surface area contributed by atoms with Crippen molar-refractivity contribution in [1.29, 1.82) is 0 Å². The van der Waals surface area contributed by atoms with Gasteiger partial charge in [0.2, 0.25) is 23.5 Å². The van der Waals surface area contributed by atoms with Crippen LogP contribution >= 0.6 is 11.8 Å². The molecule has 0 aliphatic carbocycles. The number of hydrogen-bond acceptors (Lipinski definition) is 9. The van der Waals surface area contributed by atoms with Crippen molar-refractivity contribution in [2.45, 2.75) is 96.6 Å². The number of benzene rings is 1. The zero-order chi connectivity index (χ0) is 36.6. The van der Waals surface area contributed by atoms with Gasteiger partial charge in [-0.25, -0.2) is 9.59 Å². The summed E-state index contributed by atoms with van der Waals surface area (Å²) in [6.45, 7) is 12.2. The molecule has 0 bridgehead atoms. The van der Waals surface area contributed by atoms with Crippen LogP contribution in [0.5, 0.6) is 0 Å². The zero-order valence-corrected chi connectivity index (χ0v) is 29.8. The number of hydrogen-bond donors (Lipinski definition) is 6. The number of ketones is 1. The summed E-state index contributed by atoms with van der Waals surface area (Å²) in [6.07, 6.45) is 1.70. The minimum absolute atomic E-state index is 0.0651. The summed E-state index contributed by atoms with van der Waals surface area (Å²) in [5.41, 5.74) is 0.319. The molecular formula is C33H51N5O9S. The Morgan fingerprint density at radius 3 is 1.98 bits per heavy atom. The number of Topliss-reactive ketones (excluding diaryl/α,β-unsaturated/α-hetero) is 1. The number of thioether (sulfide) groups is 1. The van der Waals surface area contributed by atoms with Crippen LogP contribution in [0.2, 0.25) is 0 Å². The summed E-state index contributed by atoms with van der Waals surface area (Å²) in [6, 6.07) is 3.13. The van der Waals surface area contributed by atoms with E-state index in [0.717, 1.165) is 0 Å². The van der Waals surface area contributed by atoms with E-state index in [1.165, 1.54) is 23.9 Å². The molecule has 0 aliphatic heterocycles. The maximum atomic E-state index is 13.6. The Kier molecular flexibility index (Phi) is 17.7. The van der Waals surface area contributed by atoms with Crippen molar-refractivity contribution in [1.82, 2.24) is 26.6 Å². The highest BCUT2D eigenvalue weighted by Gasteiger charge is 2.39. The number of ether oxygens (including phenoxy) is 1. The topological polar surface area (TPSA) is 209 Å². The summed E-state index contributed by atoms with van der Waals surface area (Å²) >= 11 is 1.34. The molecule has 14 nitrogen and oxygen atoms in total. The van der Waals surface area contributed by atoms with Crippen molar-refractivity contribution in [3.8, 4) is 0 Å². The van der Waals surface area contributed by atoms with Crippen LogP contribution in [0.3, 0.4) is 0 Å². The molecule has 1 aromatic rings. The molecule has 0 saturated heterocycles. The Morgan fingerprint density at radius 1 is 0.854 bits per heavy atom. The first-order valence-corrected chi connectivity index (χ1v) is 17.1. The molecular weight excluding hydrogens is 642 g/mol. The Labute approximate surface area is 286 Å². The van der Waals surface area contributed by atoms with E-state index in [0.29, 0.717) is 12.0 Å². The van der Waals surface area contributed by atoms with Gasteiger partial charge in [0.15, 0.2) is 6.04 Å². The van der Waals surface area contributed by atoms with Gasteiger partial charge in [0.1, 0.15) is 12.1 Å². The van der Waals surface area contributed by atoms with E-state index < -0.39 is 76.9 Å². The van der Waals surface area contributed by atoms with Gasteiger partial charge in [0, 0.05) is 4.75 Å². The smallest absolute Gasteiger partial charge is 0.407 e. The minimum atomic E-state index is -1.37. The molecule has 0 aromatic heterocycles. The standard InChI is InChI=1S/C33H51N5O9S/c1-9-13-22(26(40)29(42)34-17-24(39)37-25(31(44)45)21-14-11-10-12-15-21)35-28(41)23(16-19(2)3)36-30(43)27(33(6,7)48-8)38-32(46)47-18-20(4)5/h10-12,14-15,19-20,22-23,25,27H,9,13,16-18H2,1-8H3,(H,34,42)(H,35,41)(H,36,43)(H,37,39)(H,38,46)(H,44,45)/t22?,23-,25-,27+/m0/s1. The van der Waals surface area contributed by atoms with E-state index in [2.05, 4.69) is 26.6 Å². The summed E-state index contributed by atoms with van der Waals surface area (Å²) in [5.74, 6) is -5.63. The number of aliphatic carboxylic acids is 1. The number of carboxylic acids is 1. The molecule has 0 aliphatic rings. The van der Waals surface area contributed by atoms with Gasteiger partial charge in [-0.2, -0.15) is 11.8 Å². The predicted molar refractivity (Wildman–Crippen MR) is 182 cm³/mol. The lowest BCUT2D eigenvalue weighted by atomic mass is 9.98. The fourth-order valence-electron chi connectivity index (χ4n) is 4.41. The highest BCUT2D eigenvalue weighted by molar-refractivity contribution is 8.00. The second-order valence-corrected chi connectivity index (χ2v) is 14.2. The molecule has 1 rings (SSSR count). The van der Waals surface area contributed by atoms with Crippen LogP contribution in [0.15, 0.2) is 30.3 Å². The van der Waals surface area contributed by atoms with E-state index in [4.69, 9.17) is 4.74 Å². The lowest BCUT2D eigenvalue weighted by Crippen LogP contribution is -2.61. The number of carbonyl (C=O) groups excluding carboxylic acids is 6. The maximum absolute atomic E-state index is 13.6. The average molecular weight is 694 g/mol. The molecule has 5 amide bonds. The van der Waals surface area contributed by atoms with E-state index in [9.17, 15) is 38.7 Å². The van der Waals surface area contributed by atoms with Crippen LogP contribution in [-0.4, -0.2) is 88.9 Å². The molecule has 48 heavy (non-hydrogen) atoms. The first kappa shape index (κ1) is 41.9. The lowest BCUT2D eigenvalue weighted by Gasteiger charge is -2.33. The molecule has 0 radical (unpaired) electrons. The highest BCUT2D eigenvalue weighted by atomic mass is 32.2. The van der Waals surface area contributed by atoms with Crippen LogP contribution in [0.1, 0.15) is 79.3 Å². The molecule has 6 N–H and O–H groups in total. The van der Waals surface area contributed by atoms with Crippen LogP contribution in [0.25, 0.3) is 0 Å². The Hall–Kier alpha value is -4.14. The van der Waals surface area contributed by atoms with Crippen molar-refractivity contribution in [2.75, 3.05) is 19.4 Å². The zero-order valence-electron chi connectivity index (χ0n) is 29.0. The van der Waals surface area contributed by atoms with E-state index >= 15 is 0 Å². The van der Waals surface area contributed by atoms with Crippen LogP contribution in [-0.2, 0) is 33.5 Å². The lowest BCUT2D eigenvalue weighted by molar-refractivity contribution is -0.142. The molecule has 0 heterocycles. The third-order valence-corrected chi connectivity index (χ3v) is 8.45. The fraction of sp³-hybridized carbons (Fsp3) is 0.606. The first-order valence-electron chi connectivity index (χ1n) is 15.9. The number of amides is 5. The van der Waals surface area contributed by atoms with Gasteiger partial charge in [-0.1, -0.05) is 71.4 Å². The fourth-order valence-corrected chi connectivity index (χ4v) is 4.82. The number of alkyl carbamates (subject to hydrolysis) is 1. The number of carbonyl (C=O) groups is 7. The van der Waals surface area contributed by atoms with Crippen molar-refractivity contribution in [3.05, 3.63) is 35.9 Å². The van der Waals surface area contributed by atoms with Crippen LogP contribution in [0, 0.1) is 11.8 Å². The molecule has 0 spiro atoms. The van der Waals surface area contributed by atoms with Gasteiger partial charge < -0.3 is 36.4 Å². The average Bonchev–Trinajstić information content (AvgIpc) is 3.02. The number of carboxylic acid groups (broad SMARTS) is 1. The molecule has 1 unspecified atom stereocenters. The second-order valence-electron chi connectivity index (χ2n) is 12.7. The van der Waals surface area contributed by atoms with Gasteiger partial charge in [-0.05, 0) is 50.3 Å². The second kappa shape index (κ2) is 20.3. The van der Waals surface area contributed by atoms with Crippen LogP contribution < -0.4 is 26.6 Å². The van der Waals surface area contributed by atoms with Crippen molar-refractivity contribution < 1.29 is 43.4 Å². The van der Waals surface area contributed by atoms with Crippen LogP contribution in [0.4, 0.5) is 4.79 Å². The van der Waals surface area contributed by atoms with Crippen molar-refractivity contribution >= 4 is 53.2 Å². The van der Waals surface area contributed by atoms with Gasteiger partial charge >= 0.3 is 12.1 Å². The maximum Gasteiger partial charge on any atom is 0.407 e. The normalized spacial score (nSPS) is 13.8. The molecule has 0 saturated carbocycles. The molecule has 268 valence electrons. The highest BCUT2D eigenvalue weighted by Crippen LogP contribution is 2.26. The Bertz CT molecular complexity index is 1270. The SMILES string of the molecule is CCCC(NC(=O)[C@H](CC(C)C)NC(=O)[C@@H](NC(=O)OCC(C)C)C(C)(C)SC)C(=O)C(=O)NCC(=O)N[C@H](C(=O)O)c1ccccc1. The largest absolute Gasteiger partial charge is 0.479 e. The number of rotatable bonds is 20. The van der Waals surface area contributed by atoms with E-state index in [-0.39, 0.29) is 31.3 Å². The van der Waals surface area contributed by atoms with Gasteiger partial charge in [0.25, 0.3) is 5.91 Å². The van der Waals surface area contributed by atoms with E-state index in [1.807, 2.05) is 27.7 Å². The summed E-state index contributed by atoms with van der Waals surface area (Å²) in [7, 11) is 0. The molecule has 4 atom stereocenters. The van der Waals surface area contributed by atoms with Gasteiger partial charge in [-0.15, -0.1) is 0 Å². The summed E-state index contributed by atoms with van der Waals surface area (Å²) in [5, 5.41) is 21.9. The predicted octanol–water partition coefficient (Wildman–Crippen LogP) is 2.32. The third kappa shape index (κ3) is 14.3. The van der Waals surface area contributed by atoms with Crippen molar-refractivity contribution in [3.63, 3.8) is 0 Å². The Morgan fingerprint density at radius 2 is 1.46 bits per heavy atom. The number of nitrogens with one attached hydrogen (secondary N) is 5. The quantitative estimate of drug-likeness (QED) is 0.110. The minimum Gasteiger partial charge on any atom is -0.479 e. The molecule has 15 heteroatoms. The monoisotopic (exact) mass is 693 g/mol. The Balaban J connectivity index is 3.02.